The van der Waals surface area contributed by atoms with E-state index in [0.717, 1.165) is 12.1 Å². The highest BCUT2D eigenvalue weighted by molar-refractivity contribution is 5.93. The summed E-state index contributed by atoms with van der Waals surface area (Å²) in [5.41, 5.74) is 4.28. The number of rotatable bonds is 3. The van der Waals surface area contributed by atoms with Gasteiger partial charge in [0.2, 0.25) is 5.91 Å². The number of allylic oxidation sites excluding steroid dienone is 1. The van der Waals surface area contributed by atoms with Crippen molar-refractivity contribution in [2.24, 2.45) is 5.73 Å². The maximum Gasteiger partial charge on any atom is 0.421 e. The lowest BCUT2D eigenvalue weighted by Crippen LogP contribution is -2.51. The SMILES string of the molecule is NC(=O)c1cc(F)cc(OC2=C=C=C3C(=C2C(F)(F)F)[C@H](O)C3(F)F)c1. The van der Waals surface area contributed by atoms with Gasteiger partial charge in [-0.2, -0.15) is 22.0 Å². The normalized spacial score (nSPS) is 20.8. The Morgan fingerprint density at radius 1 is 1.23 bits per heavy atom. The van der Waals surface area contributed by atoms with Gasteiger partial charge in [-0.1, -0.05) is 5.73 Å². The average Bonchev–Trinajstić information content (AvgIpc) is 2.52. The number of alkyl halides is 5. The number of amides is 1. The molecule has 0 heterocycles. The van der Waals surface area contributed by atoms with E-state index in [1.54, 1.807) is 5.73 Å². The van der Waals surface area contributed by atoms with Gasteiger partial charge in [0.15, 0.2) is 5.76 Å². The number of ether oxygens (including phenoxy) is 1. The lowest BCUT2D eigenvalue weighted by Gasteiger charge is -2.39. The second-order valence-corrected chi connectivity index (χ2v) is 5.41. The molecule has 1 aromatic carbocycles. The van der Waals surface area contributed by atoms with E-state index in [-0.39, 0.29) is 5.56 Å². The fraction of sp³-hybridized carbons (Fsp3) is 0.188. The summed E-state index contributed by atoms with van der Waals surface area (Å²) < 4.78 is 85.2. The van der Waals surface area contributed by atoms with E-state index in [1.807, 2.05) is 5.73 Å². The lowest BCUT2D eigenvalue weighted by atomic mass is 9.74. The van der Waals surface area contributed by atoms with Crippen LogP contribution in [0.25, 0.3) is 0 Å². The number of aliphatic hydroxyl groups excluding tert-OH is 1. The Balaban J connectivity index is 2.12. The maximum atomic E-state index is 13.5. The van der Waals surface area contributed by atoms with E-state index >= 15 is 0 Å². The van der Waals surface area contributed by atoms with Crippen molar-refractivity contribution in [2.75, 3.05) is 0 Å². The topological polar surface area (TPSA) is 72.6 Å². The van der Waals surface area contributed by atoms with Gasteiger partial charge in [0.1, 0.15) is 23.2 Å². The summed E-state index contributed by atoms with van der Waals surface area (Å²) in [4.78, 5) is 11.1. The molecule has 0 radical (unpaired) electrons. The molecule has 0 saturated heterocycles. The Kier molecular flexibility index (Phi) is 3.81. The molecule has 0 aromatic heterocycles. The molecule has 1 atom stereocenters. The summed E-state index contributed by atoms with van der Waals surface area (Å²) in [6.45, 7) is 0. The Labute approximate surface area is 141 Å². The van der Waals surface area contributed by atoms with E-state index in [1.165, 1.54) is 0 Å². The first-order valence-corrected chi connectivity index (χ1v) is 6.85. The molecule has 3 rings (SSSR count). The van der Waals surface area contributed by atoms with E-state index < -0.39 is 58.2 Å². The van der Waals surface area contributed by atoms with Gasteiger partial charge in [0.05, 0.1) is 5.57 Å². The van der Waals surface area contributed by atoms with Crippen molar-refractivity contribution in [2.45, 2.75) is 18.2 Å². The standard InChI is InChI=1S/C16H7F6NO3/c17-7-3-6(14(23)25)4-8(5-7)26-10-2-1-9-11(12(10)16(20,21)22)13(24)15(9,18)19/h3-5,13,24H,(H2,23,25)/t13-/m0/s1. The van der Waals surface area contributed by atoms with Crippen LogP contribution in [-0.4, -0.2) is 29.2 Å². The Morgan fingerprint density at radius 3 is 2.46 bits per heavy atom. The number of nitrogens with two attached hydrogens (primary N) is 1. The molecule has 10 heteroatoms. The van der Waals surface area contributed by atoms with Crippen LogP contribution in [0.5, 0.6) is 5.75 Å². The Bertz CT molecular complexity index is 963. The molecule has 0 bridgehead atoms. The van der Waals surface area contributed by atoms with Gasteiger partial charge in [-0.25, -0.2) is 4.39 Å². The molecule has 0 spiro atoms. The zero-order chi connectivity index (χ0) is 19.4. The van der Waals surface area contributed by atoms with Gasteiger partial charge in [0.25, 0.3) is 0 Å². The number of hydrogen-bond donors (Lipinski definition) is 2. The number of carbonyl (C=O) groups excluding carboxylic acids is 1. The smallest absolute Gasteiger partial charge is 0.421 e. The number of primary amides is 1. The third-order valence-electron chi connectivity index (χ3n) is 3.68. The molecule has 136 valence electrons. The molecule has 2 aliphatic rings. The van der Waals surface area contributed by atoms with E-state index in [0.29, 0.717) is 6.07 Å². The molecule has 1 fully saturated rings. The molecule has 3 N–H and O–H groups in total. The quantitative estimate of drug-likeness (QED) is 0.630. The summed E-state index contributed by atoms with van der Waals surface area (Å²) >= 11 is 0. The first-order chi connectivity index (χ1) is 11.9. The zero-order valence-electron chi connectivity index (χ0n) is 12.4. The van der Waals surface area contributed by atoms with E-state index in [4.69, 9.17) is 10.5 Å². The minimum absolute atomic E-state index is 0.381. The number of aliphatic hydroxyl groups is 1. The monoisotopic (exact) mass is 375 g/mol. The number of hydrogen-bond acceptors (Lipinski definition) is 3. The summed E-state index contributed by atoms with van der Waals surface area (Å²) in [7, 11) is 0. The predicted molar refractivity (Wildman–Crippen MR) is 73.6 cm³/mol. The largest absolute Gasteiger partial charge is 0.448 e. The van der Waals surface area contributed by atoms with Crippen molar-refractivity contribution < 1.29 is 41.0 Å². The third-order valence-corrected chi connectivity index (χ3v) is 3.68. The van der Waals surface area contributed by atoms with Gasteiger partial charge in [-0.15, -0.1) is 0 Å². The second-order valence-electron chi connectivity index (χ2n) is 5.41. The van der Waals surface area contributed by atoms with Gasteiger partial charge in [0, 0.05) is 17.2 Å². The van der Waals surface area contributed by atoms with Crippen molar-refractivity contribution >= 4 is 5.91 Å². The summed E-state index contributed by atoms with van der Waals surface area (Å²) in [5.74, 6) is -7.64. The van der Waals surface area contributed by atoms with Crippen molar-refractivity contribution in [3.8, 4) is 5.75 Å². The number of carbonyl (C=O) groups is 1. The molecular weight excluding hydrogens is 368 g/mol. The molecule has 0 aliphatic heterocycles. The van der Waals surface area contributed by atoms with E-state index in [9.17, 15) is 36.2 Å². The maximum absolute atomic E-state index is 13.5. The highest BCUT2D eigenvalue weighted by Gasteiger charge is 2.62. The first-order valence-electron chi connectivity index (χ1n) is 6.85. The molecule has 4 nitrogen and oxygen atoms in total. The predicted octanol–water partition coefficient (Wildman–Crippen LogP) is 2.75. The van der Waals surface area contributed by atoms with Crippen LogP contribution in [0.15, 0.2) is 52.1 Å². The fourth-order valence-corrected chi connectivity index (χ4v) is 2.51. The van der Waals surface area contributed by atoms with Gasteiger partial charge in [-0.05, 0) is 17.9 Å². The average molecular weight is 375 g/mol. The minimum atomic E-state index is -5.18. The van der Waals surface area contributed by atoms with Crippen LogP contribution in [0.3, 0.4) is 0 Å². The number of halogens is 6. The molecular formula is C16H7F6NO3. The van der Waals surface area contributed by atoms with Crippen molar-refractivity contribution in [3.05, 3.63) is 63.5 Å². The molecule has 0 unspecified atom stereocenters. The molecule has 1 aromatic rings. The van der Waals surface area contributed by atoms with Gasteiger partial charge < -0.3 is 15.6 Å². The van der Waals surface area contributed by atoms with E-state index in [2.05, 4.69) is 0 Å². The molecule has 1 amide bonds. The lowest BCUT2D eigenvalue weighted by molar-refractivity contribution is -0.112. The van der Waals surface area contributed by atoms with Crippen molar-refractivity contribution in [3.63, 3.8) is 0 Å². The molecule has 1 saturated carbocycles. The van der Waals surface area contributed by atoms with Gasteiger partial charge >= 0.3 is 12.1 Å². The highest BCUT2D eigenvalue weighted by atomic mass is 19.4. The van der Waals surface area contributed by atoms with Crippen LogP contribution in [0.2, 0.25) is 0 Å². The number of benzene rings is 1. The zero-order valence-corrected chi connectivity index (χ0v) is 12.4. The van der Waals surface area contributed by atoms with Crippen LogP contribution >= 0.6 is 0 Å². The summed E-state index contributed by atoms with van der Waals surface area (Å²) in [6, 6.07) is 2.26. The molecule has 26 heavy (non-hydrogen) atoms. The van der Waals surface area contributed by atoms with Crippen LogP contribution < -0.4 is 10.5 Å². The van der Waals surface area contributed by atoms with Gasteiger partial charge in [-0.3, -0.25) is 4.79 Å². The highest BCUT2D eigenvalue weighted by Crippen LogP contribution is 2.53. The summed E-state index contributed by atoms with van der Waals surface area (Å²) in [5, 5.41) is 9.36. The summed E-state index contributed by atoms with van der Waals surface area (Å²) in [6.07, 6.45) is -7.88. The number of fused-ring (bicyclic) bond motifs is 1. The van der Waals surface area contributed by atoms with Crippen molar-refractivity contribution in [1.82, 2.24) is 0 Å². The van der Waals surface area contributed by atoms with Crippen LogP contribution in [-0.2, 0) is 0 Å². The Morgan fingerprint density at radius 2 is 1.88 bits per heavy atom. The van der Waals surface area contributed by atoms with Crippen LogP contribution in [0.1, 0.15) is 10.4 Å². The fourth-order valence-electron chi connectivity index (χ4n) is 2.51. The minimum Gasteiger partial charge on any atom is -0.448 e. The van der Waals surface area contributed by atoms with Crippen LogP contribution in [0, 0.1) is 5.82 Å². The first kappa shape index (κ1) is 17.9. The van der Waals surface area contributed by atoms with Crippen LogP contribution in [0.4, 0.5) is 26.3 Å². The third kappa shape index (κ3) is 2.70. The van der Waals surface area contributed by atoms with Crippen molar-refractivity contribution in [1.29, 1.82) is 0 Å². The Hall–Kier alpha value is -2.93. The molecule has 2 aliphatic carbocycles. The second kappa shape index (κ2) is 5.54.